The summed E-state index contributed by atoms with van der Waals surface area (Å²) in [6.45, 7) is 9.15. The molecule has 0 amide bonds. The van der Waals surface area contributed by atoms with Crippen molar-refractivity contribution in [3.05, 3.63) is 23.3 Å². The lowest BCUT2D eigenvalue weighted by molar-refractivity contribution is 0.662. The highest BCUT2D eigenvalue weighted by atomic mass is 14.0. The fourth-order valence-corrected chi connectivity index (χ4v) is 2.52. The molecule has 0 aromatic heterocycles. The molecule has 0 spiro atoms. The van der Waals surface area contributed by atoms with Crippen LogP contribution >= 0.6 is 0 Å². The van der Waals surface area contributed by atoms with Crippen LogP contribution in [0.2, 0.25) is 0 Å². The summed E-state index contributed by atoms with van der Waals surface area (Å²) in [6, 6.07) is 0. The third kappa shape index (κ3) is 13.9. The SMILES string of the molecule is CCCCCCC(C)=CCCC=C(C)CCCCCC. The van der Waals surface area contributed by atoms with E-state index in [0.29, 0.717) is 0 Å². The Morgan fingerprint density at radius 1 is 0.600 bits per heavy atom. The first-order valence-corrected chi connectivity index (χ1v) is 9.02. The van der Waals surface area contributed by atoms with Crippen molar-refractivity contribution in [3.8, 4) is 0 Å². The molecule has 0 aromatic rings. The van der Waals surface area contributed by atoms with Gasteiger partial charge in [0.05, 0.1) is 0 Å². The number of allylic oxidation sites excluding steroid dienone is 4. The van der Waals surface area contributed by atoms with Crippen molar-refractivity contribution in [1.82, 2.24) is 0 Å². The fraction of sp³-hybridized carbons (Fsp3) is 0.800. The standard InChI is InChI=1S/C20H38/c1-5-7-9-11-15-19(3)17-13-14-18-20(4)16-12-10-8-6-2/h17-18H,5-16H2,1-4H3. The van der Waals surface area contributed by atoms with E-state index >= 15 is 0 Å². The Labute approximate surface area is 128 Å². The van der Waals surface area contributed by atoms with Crippen LogP contribution in [0.15, 0.2) is 23.3 Å². The Hall–Kier alpha value is -0.520. The first-order valence-electron chi connectivity index (χ1n) is 9.02. The second-order valence-electron chi connectivity index (χ2n) is 6.30. The number of unbranched alkanes of at least 4 members (excludes halogenated alkanes) is 7. The van der Waals surface area contributed by atoms with Crippen molar-refractivity contribution >= 4 is 0 Å². The van der Waals surface area contributed by atoms with Gasteiger partial charge in [0.1, 0.15) is 0 Å². The molecule has 0 aliphatic heterocycles. The smallest absolute Gasteiger partial charge is 0.0313 e. The van der Waals surface area contributed by atoms with E-state index in [2.05, 4.69) is 39.8 Å². The highest BCUT2D eigenvalue weighted by Gasteiger charge is 1.93. The lowest BCUT2D eigenvalue weighted by atomic mass is 10.0. The van der Waals surface area contributed by atoms with Crippen LogP contribution in [0.5, 0.6) is 0 Å². The van der Waals surface area contributed by atoms with Crippen LogP contribution in [-0.4, -0.2) is 0 Å². The van der Waals surface area contributed by atoms with Crippen LogP contribution in [0, 0.1) is 0 Å². The van der Waals surface area contributed by atoms with E-state index in [1.807, 2.05) is 0 Å². The average molecular weight is 279 g/mol. The van der Waals surface area contributed by atoms with Crippen molar-refractivity contribution in [1.29, 1.82) is 0 Å². The third-order valence-corrected chi connectivity index (χ3v) is 4.00. The summed E-state index contributed by atoms with van der Waals surface area (Å²) in [5.41, 5.74) is 3.19. The van der Waals surface area contributed by atoms with E-state index < -0.39 is 0 Å². The molecule has 20 heavy (non-hydrogen) atoms. The Morgan fingerprint density at radius 2 is 1.00 bits per heavy atom. The predicted molar refractivity (Wildman–Crippen MR) is 94.3 cm³/mol. The summed E-state index contributed by atoms with van der Waals surface area (Å²) in [6.07, 6.45) is 21.0. The first-order chi connectivity index (χ1) is 9.70. The van der Waals surface area contributed by atoms with Gasteiger partial charge >= 0.3 is 0 Å². The van der Waals surface area contributed by atoms with E-state index in [1.165, 1.54) is 77.0 Å². The molecule has 0 heteroatoms. The summed E-state index contributed by atoms with van der Waals surface area (Å²) in [7, 11) is 0. The van der Waals surface area contributed by atoms with Gasteiger partial charge in [0.25, 0.3) is 0 Å². The van der Waals surface area contributed by atoms with Crippen LogP contribution in [0.25, 0.3) is 0 Å². The van der Waals surface area contributed by atoms with E-state index in [-0.39, 0.29) is 0 Å². The fourth-order valence-electron chi connectivity index (χ4n) is 2.52. The summed E-state index contributed by atoms with van der Waals surface area (Å²) >= 11 is 0. The largest absolute Gasteiger partial charge is 0.0853 e. The molecule has 0 N–H and O–H groups in total. The van der Waals surface area contributed by atoms with Gasteiger partial charge in [-0.25, -0.2) is 0 Å². The third-order valence-electron chi connectivity index (χ3n) is 4.00. The van der Waals surface area contributed by atoms with Gasteiger partial charge in [-0.3, -0.25) is 0 Å². The van der Waals surface area contributed by atoms with E-state index in [4.69, 9.17) is 0 Å². The molecule has 0 unspecified atom stereocenters. The van der Waals surface area contributed by atoms with E-state index in [9.17, 15) is 0 Å². The van der Waals surface area contributed by atoms with Gasteiger partial charge in [-0.2, -0.15) is 0 Å². The van der Waals surface area contributed by atoms with Crippen molar-refractivity contribution < 1.29 is 0 Å². The van der Waals surface area contributed by atoms with Crippen LogP contribution in [0.4, 0.5) is 0 Å². The topological polar surface area (TPSA) is 0 Å². The maximum absolute atomic E-state index is 2.45. The molecule has 0 fully saturated rings. The molecule has 0 rings (SSSR count). The quantitative estimate of drug-likeness (QED) is 0.240. The monoisotopic (exact) mass is 278 g/mol. The Morgan fingerprint density at radius 3 is 1.35 bits per heavy atom. The summed E-state index contributed by atoms with van der Waals surface area (Å²) < 4.78 is 0. The average Bonchev–Trinajstić information content (AvgIpc) is 2.44. The second kappa shape index (κ2) is 14.9. The van der Waals surface area contributed by atoms with E-state index in [1.54, 1.807) is 11.1 Å². The van der Waals surface area contributed by atoms with Crippen LogP contribution in [0.1, 0.15) is 105 Å². The van der Waals surface area contributed by atoms with Gasteiger partial charge in [-0.1, -0.05) is 75.7 Å². The summed E-state index contributed by atoms with van der Waals surface area (Å²) in [4.78, 5) is 0. The van der Waals surface area contributed by atoms with Crippen molar-refractivity contribution in [2.75, 3.05) is 0 Å². The molecule has 0 aliphatic carbocycles. The zero-order valence-electron chi connectivity index (χ0n) is 14.6. The zero-order chi connectivity index (χ0) is 15.1. The highest BCUT2D eigenvalue weighted by molar-refractivity contribution is 5.02. The molecule has 0 bridgehead atoms. The number of hydrogen-bond acceptors (Lipinski definition) is 0. The maximum atomic E-state index is 2.45. The minimum atomic E-state index is 1.23. The van der Waals surface area contributed by atoms with Gasteiger partial charge < -0.3 is 0 Å². The van der Waals surface area contributed by atoms with Gasteiger partial charge in [0, 0.05) is 0 Å². The molecule has 0 saturated carbocycles. The number of rotatable bonds is 13. The van der Waals surface area contributed by atoms with Gasteiger partial charge in [-0.05, 0) is 52.4 Å². The van der Waals surface area contributed by atoms with Crippen molar-refractivity contribution in [3.63, 3.8) is 0 Å². The molecule has 0 radical (unpaired) electrons. The molecule has 0 saturated heterocycles. The second-order valence-corrected chi connectivity index (χ2v) is 6.30. The van der Waals surface area contributed by atoms with Gasteiger partial charge in [-0.15, -0.1) is 0 Å². The molecule has 0 atom stereocenters. The van der Waals surface area contributed by atoms with Crippen molar-refractivity contribution in [2.24, 2.45) is 0 Å². The Kier molecular flexibility index (Phi) is 14.5. The van der Waals surface area contributed by atoms with Crippen molar-refractivity contribution in [2.45, 2.75) is 105 Å². The lowest BCUT2D eigenvalue weighted by Gasteiger charge is -2.02. The Bertz CT molecular complexity index is 229. The summed E-state index contributed by atoms with van der Waals surface area (Å²) in [5, 5.41) is 0. The van der Waals surface area contributed by atoms with Crippen LogP contribution in [0.3, 0.4) is 0 Å². The molecular weight excluding hydrogens is 240 g/mol. The van der Waals surface area contributed by atoms with E-state index in [0.717, 1.165) is 0 Å². The maximum Gasteiger partial charge on any atom is -0.0313 e. The molecule has 0 aromatic carbocycles. The molecule has 0 heterocycles. The van der Waals surface area contributed by atoms with Crippen LogP contribution < -0.4 is 0 Å². The zero-order valence-corrected chi connectivity index (χ0v) is 14.6. The normalized spacial score (nSPS) is 13.0. The first kappa shape index (κ1) is 19.5. The minimum Gasteiger partial charge on any atom is -0.0853 e. The molecular formula is C20H38. The van der Waals surface area contributed by atoms with Gasteiger partial charge in [0.15, 0.2) is 0 Å². The minimum absolute atomic E-state index is 1.23. The van der Waals surface area contributed by atoms with Crippen LogP contribution in [-0.2, 0) is 0 Å². The van der Waals surface area contributed by atoms with Gasteiger partial charge in [0.2, 0.25) is 0 Å². The summed E-state index contributed by atoms with van der Waals surface area (Å²) in [5.74, 6) is 0. The Balaban J connectivity index is 3.60. The molecule has 0 nitrogen and oxygen atoms in total. The lowest BCUT2D eigenvalue weighted by Crippen LogP contribution is -1.82. The predicted octanol–water partition coefficient (Wildman–Crippen LogP) is 7.60. The number of hydrogen-bond donors (Lipinski definition) is 0. The molecule has 0 aliphatic rings. The molecule has 118 valence electrons. The highest BCUT2D eigenvalue weighted by Crippen LogP contribution is 2.13.